The maximum atomic E-state index is 10.3. The van der Waals surface area contributed by atoms with E-state index in [2.05, 4.69) is 34.3 Å². The number of hydrogen-bond acceptors (Lipinski definition) is 2. The van der Waals surface area contributed by atoms with Crippen LogP contribution in [0.1, 0.15) is 98.3 Å². The Balaban J connectivity index is 1.49. The Bertz CT molecular complexity index is 626. The van der Waals surface area contributed by atoms with E-state index in [1.165, 1.54) is 50.5 Å². The summed E-state index contributed by atoms with van der Waals surface area (Å²) >= 11 is 0. The molecule has 0 aromatic carbocycles. The first kappa shape index (κ1) is 22.8. The van der Waals surface area contributed by atoms with Gasteiger partial charge >= 0.3 is 0 Å². The van der Waals surface area contributed by atoms with Crippen LogP contribution in [-0.4, -0.2) is 22.9 Å². The van der Waals surface area contributed by atoms with Crippen molar-refractivity contribution >= 4 is 0 Å². The Hall–Kier alpha value is -0.340. The molecule has 4 rings (SSSR count). The molecule has 4 aliphatic rings. The van der Waals surface area contributed by atoms with Gasteiger partial charge in [-0.3, -0.25) is 0 Å². The third-order valence-corrected chi connectivity index (χ3v) is 11.2. The smallest absolute Gasteiger partial charge is 0.0543 e. The predicted molar refractivity (Wildman–Crippen MR) is 125 cm³/mol. The lowest BCUT2D eigenvalue weighted by atomic mass is 9.44. The van der Waals surface area contributed by atoms with Crippen LogP contribution >= 0.6 is 0 Å². The van der Waals surface area contributed by atoms with Crippen molar-refractivity contribution in [2.75, 3.05) is 6.61 Å². The molecular formula is C28H48O2. The molecule has 172 valence electrons. The minimum Gasteiger partial charge on any atom is -0.396 e. The molecule has 2 N–H and O–H groups in total. The van der Waals surface area contributed by atoms with Crippen LogP contribution in [0.25, 0.3) is 0 Å². The average molecular weight is 417 g/mol. The highest BCUT2D eigenvalue weighted by Gasteiger charge is 2.60. The Labute approximate surface area is 185 Å². The van der Waals surface area contributed by atoms with Crippen molar-refractivity contribution in [1.29, 1.82) is 0 Å². The van der Waals surface area contributed by atoms with Crippen LogP contribution in [-0.2, 0) is 0 Å². The van der Waals surface area contributed by atoms with Crippen molar-refractivity contribution in [2.24, 2.45) is 52.3 Å². The lowest BCUT2D eigenvalue weighted by molar-refractivity contribution is -0.130. The van der Waals surface area contributed by atoms with Gasteiger partial charge < -0.3 is 10.2 Å². The van der Waals surface area contributed by atoms with Gasteiger partial charge in [0.1, 0.15) is 0 Å². The van der Waals surface area contributed by atoms with Crippen LogP contribution in [0, 0.1) is 52.3 Å². The number of rotatable bonds is 6. The molecular weight excluding hydrogens is 368 g/mol. The normalized spacial score (nSPS) is 46.8. The first-order chi connectivity index (χ1) is 14.2. The summed E-state index contributed by atoms with van der Waals surface area (Å²) in [6.07, 6.45) is 13.6. The summed E-state index contributed by atoms with van der Waals surface area (Å²) in [5.74, 6) is 5.04. The van der Waals surface area contributed by atoms with Gasteiger partial charge in [0, 0.05) is 6.61 Å². The summed E-state index contributed by atoms with van der Waals surface area (Å²) in [6.45, 7) is 14.3. The quantitative estimate of drug-likeness (QED) is 0.478. The highest BCUT2D eigenvalue weighted by atomic mass is 16.3. The molecule has 30 heavy (non-hydrogen) atoms. The van der Waals surface area contributed by atoms with E-state index in [1.807, 2.05) is 0 Å². The Morgan fingerprint density at radius 2 is 1.67 bits per heavy atom. The van der Waals surface area contributed by atoms with Gasteiger partial charge in [-0.1, -0.05) is 39.8 Å². The lowest BCUT2D eigenvalue weighted by Gasteiger charge is -2.61. The zero-order chi connectivity index (χ0) is 21.7. The summed E-state index contributed by atoms with van der Waals surface area (Å²) in [6, 6.07) is 0. The molecule has 4 fully saturated rings. The predicted octanol–water partition coefficient (Wildman–Crippen LogP) is 6.61. The summed E-state index contributed by atoms with van der Waals surface area (Å²) in [5.41, 5.74) is 2.24. The minimum atomic E-state index is -0.0461. The maximum Gasteiger partial charge on any atom is 0.0543 e. The van der Waals surface area contributed by atoms with Gasteiger partial charge in [-0.15, -0.1) is 0 Å². The highest BCUT2D eigenvalue weighted by Crippen LogP contribution is 2.68. The van der Waals surface area contributed by atoms with Crippen LogP contribution < -0.4 is 0 Å². The standard InChI is InChI=1S/C28H48O2/c1-18(2)19(3)6-7-20(17-29)24-10-11-25-23-9-8-21-16-22(30)12-14-27(21,4)26(23)13-15-28(24,25)5/h18,20-26,29-30H,3,6-17H2,1-2,4-5H3/t20-,21-,22-,23-,24+,25-,26-,27-,28+/m0/s1. The van der Waals surface area contributed by atoms with Crippen molar-refractivity contribution in [2.45, 2.75) is 104 Å². The molecule has 0 saturated heterocycles. The SMILES string of the molecule is C=C(CC[C@@H](CO)[C@H]1CC[C@H]2[C@@H]3CC[C@H]4C[C@@H](O)CC[C@]4(C)[C@H]3CC[C@]12C)C(C)C. The molecule has 0 aromatic heterocycles. The van der Waals surface area contributed by atoms with Gasteiger partial charge in [0.05, 0.1) is 6.10 Å². The molecule has 0 aromatic rings. The molecule has 2 nitrogen and oxygen atoms in total. The molecule has 0 heterocycles. The van der Waals surface area contributed by atoms with E-state index in [-0.39, 0.29) is 6.10 Å². The summed E-state index contributed by atoms with van der Waals surface area (Å²) in [7, 11) is 0. The monoisotopic (exact) mass is 416 g/mol. The van der Waals surface area contributed by atoms with Crippen LogP contribution in [0.15, 0.2) is 12.2 Å². The fourth-order valence-corrected chi connectivity index (χ4v) is 9.13. The van der Waals surface area contributed by atoms with E-state index in [4.69, 9.17) is 0 Å². The van der Waals surface area contributed by atoms with Crippen LogP contribution in [0.2, 0.25) is 0 Å². The number of aliphatic hydroxyl groups excluding tert-OH is 2. The summed E-state index contributed by atoms with van der Waals surface area (Å²) in [5, 5.41) is 20.6. The van der Waals surface area contributed by atoms with Crippen molar-refractivity contribution in [3.63, 3.8) is 0 Å². The molecule has 0 spiro atoms. The van der Waals surface area contributed by atoms with Crippen LogP contribution in [0.3, 0.4) is 0 Å². The second kappa shape index (κ2) is 8.54. The van der Waals surface area contributed by atoms with E-state index in [0.717, 1.165) is 49.4 Å². The van der Waals surface area contributed by atoms with Gasteiger partial charge in [-0.25, -0.2) is 0 Å². The lowest BCUT2D eigenvalue weighted by Crippen LogP contribution is -2.54. The number of hydrogen-bond donors (Lipinski definition) is 2. The number of fused-ring (bicyclic) bond motifs is 5. The fourth-order valence-electron chi connectivity index (χ4n) is 9.13. The Kier molecular flexibility index (Phi) is 6.50. The van der Waals surface area contributed by atoms with Gasteiger partial charge in [-0.05, 0) is 123 Å². The number of aliphatic hydroxyl groups is 2. The molecule has 9 atom stereocenters. The van der Waals surface area contributed by atoms with E-state index in [1.54, 1.807) is 0 Å². The van der Waals surface area contributed by atoms with E-state index >= 15 is 0 Å². The molecule has 0 bridgehead atoms. The van der Waals surface area contributed by atoms with Gasteiger partial charge in [0.25, 0.3) is 0 Å². The van der Waals surface area contributed by atoms with Gasteiger partial charge in [0.2, 0.25) is 0 Å². The van der Waals surface area contributed by atoms with Crippen molar-refractivity contribution in [1.82, 2.24) is 0 Å². The molecule has 0 radical (unpaired) electrons. The molecule has 0 amide bonds. The maximum absolute atomic E-state index is 10.3. The first-order valence-corrected chi connectivity index (χ1v) is 13.2. The topological polar surface area (TPSA) is 40.5 Å². The van der Waals surface area contributed by atoms with E-state index in [9.17, 15) is 10.2 Å². The third-order valence-electron chi connectivity index (χ3n) is 11.2. The molecule has 4 aliphatic carbocycles. The summed E-state index contributed by atoms with van der Waals surface area (Å²) < 4.78 is 0. The first-order valence-electron chi connectivity index (χ1n) is 13.2. The zero-order valence-corrected chi connectivity index (χ0v) is 20.2. The van der Waals surface area contributed by atoms with Crippen molar-refractivity contribution < 1.29 is 10.2 Å². The summed E-state index contributed by atoms with van der Waals surface area (Å²) in [4.78, 5) is 0. The van der Waals surface area contributed by atoms with E-state index < -0.39 is 0 Å². The van der Waals surface area contributed by atoms with Crippen LogP contribution in [0.5, 0.6) is 0 Å². The fraction of sp³-hybridized carbons (Fsp3) is 0.929. The van der Waals surface area contributed by atoms with Crippen molar-refractivity contribution in [3.05, 3.63) is 12.2 Å². The zero-order valence-electron chi connectivity index (χ0n) is 20.2. The second-order valence-electron chi connectivity index (χ2n) is 12.6. The number of allylic oxidation sites excluding steroid dienone is 1. The largest absolute Gasteiger partial charge is 0.396 e. The van der Waals surface area contributed by atoms with Gasteiger partial charge in [0.15, 0.2) is 0 Å². The molecule has 0 unspecified atom stereocenters. The highest BCUT2D eigenvalue weighted by molar-refractivity contribution is 5.10. The second-order valence-corrected chi connectivity index (χ2v) is 12.6. The van der Waals surface area contributed by atoms with E-state index in [0.29, 0.717) is 35.2 Å². The minimum absolute atomic E-state index is 0.0461. The molecule has 2 heteroatoms. The average Bonchev–Trinajstić information content (AvgIpc) is 3.06. The van der Waals surface area contributed by atoms with Gasteiger partial charge in [-0.2, -0.15) is 0 Å². The van der Waals surface area contributed by atoms with Crippen LogP contribution in [0.4, 0.5) is 0 Å². The molecule has 0 aliphatic heterocycles. The Morgan fingerprint density at radius 3 is 2.37 bits per heavy atom. The Morgan fingerprint density at radius 1 is 0.967 bits per heavy atom. The van der Waals surface area contributed by atoms with Crippen molar-refractivity contribution in [3.8, 4) is 0 Å². The third kappa shape index (κ3) is 3.72. The molecule has 4 saturated carbocycles.